The van der Waals surface area contributed by atoms with Crippen molar-refractivity contribution in [1.82, 2.24) is 34.9 Å². The number of furan rings is 1. The zero-order chi connectivity index (χ0) is 42.7. The molecule has 306 valence electrons. The summed E-state index contributed by atoms with van der Waals surface area (Å²) in [6, 6.07) is 13.9. The van der Waals surface area contributed by atoms with E-state index in [-0.39, 0.29) is 0 Å². The predicted octanol–water partition coefficient (Wildman–Crippen LogP) is 14.5. The topological polar surface area (TPSA) is 103 Å². The van der Waals surface area contributed by atoms with Gasteiger partial charge in [-0.3, -0.25) is 9.97 Å². The number of hydrogen-bond acceptors (Lipinski definition) is 8. The Kier molecular flexibility index (Phi) is 49.0. The van der Waals surface area contributed by atoms with Crippen LogP contribution in [0.4, 0.5) is 0 Å². The van der Waals surface area contributed by atoms with Crippen LogP contribution in [0, 0.1) is 0 Å². The van der Waals surface area contributed by atoms with Gasteiger partial charge < -0.3 is 4.42 Å². The minimum Gasteiger partial charge on any atom is -0.472 e. The first-order valence-corrected chi connectivity index (χ1v) is 20.2. The van der Waals surface area contributed by atoms with E-state index in [4.69, 9.17) is 4.42 Å². The maximum absolute atomic E-state index is 4.88. The molecule has 5 rings (SSSR count). The summed E-state index contributed by atoms with van der Waals surface area (Å²) in [4.78, 5) is 27.9. The normalized spacial score (nSPS) is 8.83. The minimum atomic E-state index is 0.396. The molecule has 0 saturated carbocycles. The molecule has 0 saturated heterocycles. The van der Waals surface area contributed by atoms with E-state index in [1.165, 1.54) is 23.8 Å². The number of hydrogen-bond donors (Lipinski definition) is 0. The van der Waals surface area contributed by atoms with Gasteiger partial charge in [0.1, 0.15) is 24.3 Å². The van der Waals surface area contributed by atoms with Gasteiger partial charge >= 0.3 is 0 Å². The Labute approximate surface area is 333 Å². The highest BCUT2D eigenvalue weighted by atomic mass is 16.3. The molecule has 5 heterocycles. The summed E-state index contributed by atoms with van der Waals surface area (Å²) in [6.07, 6.45) is 15.6. The lowest BCUT2D eigenvalue weighted by atomic mass is 10.1. The van der Waals surface area contributed by atoms with Crippen LogP contribution in [0.25, 0.3) is 0 Å². The van der Waals surface area contributed by atoms with Crippen molar-refractivity contribution < 1.29 is 4.42 Å². The Bertz CT molecular complexity index is 1140. The number of pyridine rings is 2. The molecule has 0 atom stereocenters. The van der Waals surface area contributed by atoms with Gasteiger partial charge in [0, 0.05) is 48.5 Å². The van der Waals surface area contributed by atoms with Crippen molar-refractivity contribution in [3.63, 3.8) is 0 Å². The molecule has 0 aliphatic rings. The van der Waals surface area contributed by atoms with Gasteiger partial charge in [0.15, 0.2) is 0 Å². The van der Waals surface area contributed by atoms with Gasteiger partial charge in [-0.1, -0.05) is 151 Å². The van der Waals surface area contributed by atoms with Crippen LogP contribution in [-0.2, 0) is 0 Å². The second-order valence-corrected chi connectivity index (χ2v) is 11.5. The molecule has 0 fully saturated rings. The van der Waals surface area contributed by atoms with E-state index in [0.717, 1.165) is 17.3 Å². The van der Waals surface area contributed by atoms with E-state index in [0.29, 0.717) is 29.6 Å². The van der Waals surface area contributed by atoms with Gasteiger partial charge in [-0.25, -0.2) is 24.9 Å². The molecule has 0 amide bonds. The van der Waals surface area contributed by atoms with Gasteiger partial charge in [0.25, 0.3) is 0 Å². The predicted molar refractivity (Wildman–Crippen MR) is 236 cm³/mol. The van der Waals surface area contributed by atoms with Gasteiger partial charge in [-0.15, -0.1) is 0 Å². The van der Waals surface area contributed by atoms with Crippen LogP contribution in [0.1, 0.15) is 197 Å². The zero-order valence-corrected chi connectivity index (χ0v) is 38.2. The van der Waals surface area contributed by atoms with Crippen molar-refractivity contribution in [2.24, 2.45) is 0 Å². The van der Waals surface area contributed by atoms with E-state index in [2.05, 4.69) is 110 Å². The van der Waals surface area contributed by atoms with E-state index in [1.54, 1.807) is 31.1 Å². The highest BCUT2D eigenvalue weighted by Crippen LogP contribution is 2.13. The first kappa shape index (κ1) is 59.0. The van der Waals surface area contributed by atoms with Crippen LogP contribution in [0.3, 0.4) is 0 Å². The smallest absolute Gasteiger partial charge is 0.134 e. The molecular weight excluding hydrogens is 667 g/mol. The third kappa shape index (κ3) is 34.7. The SMILES string of the molecule is CC.CC.CC.CC.CC.CC(C)c1ccccn1.CC(C)c1cccnc1.CC(C)c1ccoc1.CC(C)c1ncccn1.CC(C)c1ncncn1. The molecule has 0 aliphatic carbocycles. The standard InChI is InChI=1S/2C8H11N.C7H10N2.C7H10O.C6H9N3.5C2H6/c1-7(2)8-4-3-5-9-6-8;1-7(2)8-5-3-4-6-9-8;1-6(2)7-8-4-3-5-9-7;1-6(2)7-3-4-8-5-7;1-5(2)6-8-3-7-4-9-6;5*1-2/h2*3-7H,1-2H3;3-6H,1-2H3;3-6H,1-2H3;3-5H,1-2H3;5*1-2H3. The van der Waals surface area contributed by atoms with Crippen molar-refractivity contribution in [2.45, 2.75) is 168 Å². The molecule has 8 nitrogen and oxygen atoms in total. The van der Waals surface area contributed by atoms with Crippen LogP contribution < -0.4 is 0 Å². The third-order valence-electron chi connectivity index (χ3n) is 5.97. The lowest BCUT2D eigenvalue weighted by molar-refractivity contribution is 0.562. The van der Waals surface area contributed by atoms with Crippen molar-refractivity contribution in [3.05, 3.63) is 127 Å². The molecule has 54 heavy (non-hydrogen) atoms. The molecule has 5 aromatic rings. The average molecular weight is 748 g/mol. The van der Waals surface area contributed by atoms with Crippen LogP contribution >= 0.6 is 0 Å². The largest absolute Gasteiger partial charge is 0.472 e. The van der Waals surface area contributed by atoms with Gasteiger partial charge in [0.05, 0.1) is 12.5 Å². The fourth-order valence-corrected chi connectivity index (χ4v) is 3.19. The number of rotatable bonds is 5. The molecule has 0 aliphatic heterocycles. The Balaban J connectivity index is -0.000000175. The van der Waals surface area contributed by atoms with Gasteiger partial charge in [0.2, 0.25) is 0 Å². The second-order valence-electron chi connectivity index (χ2n) is 11.5. The third-order valence-corrected chi connectivity index (χ3v) is 5.97. The van der Waals surface area contributed by atoms with Crippen molar-refractivity contribution in [1.29, 1.82) is 0 Å². The Morgan fingerprint density at radius 1 is 0.407 bits per heavy atom. The van der Waals surface area contributed by atoms with Gasteiger partial charge in [-0.05, 0) is 59.2 Å². The summed E-state index contributed by atoms with van der Waals surface area (Å²) < 4.78 is 4.88. The zero-order valence-electron chi connectivity index (χ0n) is 38.2. The molecule has 0 spiro atoms. The van der Waals surface area contributed by atoms with Crippen LogP contribution in [0.5, 0.6) is 0 Å². The van der Waals surface area contributed by atoms with E-state index in [9.17, 15) is 0 Å². The van der Waals surface area contributed by atoms with E-state index < -0.39 is 0 Å². The lowest BCUT2D eigenvalue weighted by Gasteiger charge is -2.00. The Morgan fingerprint density at radius 3 is 1.15 bits per heavy atom. The fourth-order valence-electron chi connectivity index (χ4n) is 3.19. The average Bonchev–Trinajstić information content (AvgIpc) is 3.80. The monoisotopic (exact) mass is 748 g/mol. The van der Waals surface area contributed by atoms with Crippen LogP contribution in [0.15, 0.2) is 103 Å². The highest BCUT2D eigenvalue weighted by molar-refractivity contribution is 5.12. The fraction of sp³-hybridized carbons (Fsp3) is 0.543. The van der Waals surface area contributed by atoms with E-state index >= 15 is 0 Å². The van der Waals surface area contributed by atoms with Crippen molar-refractivity contribution in [2.75, 3.05) is 0 Å². The summed E-state index contributed by atoms with van der Waals surface area (Å²) in [6.45, 7) is 41.2. The first-order valence-electron chi connectivity index (χ1n) is 20.2. The summed E-state index contributed by atoms with van der Waals surface area (Å²) >= 11 is 0. The summed E-state index contributed by atoms with van der Waals surface area (Å²) in [5, 5.41) is 0. The van der Waals surface area contributed by atoms with Crippen LogP contribution in [0.2, 0.25) is 0 Å². The second kappa shape index (κ2) is 44.8. The number of nitrogens with zero attached hydrogens (tertiary/aromatic N) is 7. The molecule has 0 radical (unpaired) electrons. The summed E-state index contributed by atoms with van der Waals surface area (Å²) in [7, 11) is 0. The first-order chi connectivity index (χ1) is 26.0. The molecule has 0 N–H and O–H groups in total. The molecule has 0 bridgehead atoms. The van der Waals surface area contributed by atoms with Crippen LogP contribution in [-0.4, -0.2) is 34.9 Å². The van der Waals surface area contributed by atoms with Crippen molar-refractivity contribution in [3.8, 4) is 0 Å². The Hall–Kier alpha value is -4.33. The lowest BCUT2D eigenvalue weighted by Crippen LogP contribution is -1.95. The van der Waals surface area contributed by atoms with E-state index in [1.807, 2.05) is 118 Å². The maximum Gasteiger partial charge on any atom is 0.134 e. The van der Waals surface area contributed by atoms with Crippen molar-refractivity contribution >= 4 is 0 Å². The summed E-state index contributed by atoms with van der Waals surface area (Å²) in [5.41, 5.74) is 3.74. The van der Waals surface area contributed by atoms with Gasteiger partial charge in [-0.2, -0.15) is 0 Å². The number of aromatic nitrogens is 7. The minimum absolute atomic E-state index is 0.396. The molecule has 5 aromatic heterocycles. The highest BCUT2D eigenvalue weighted by Gasteiger charge is 1.99. The summed E-state index contributed by atoms with van der Waals surface area (Å²) in [5.74, 6) is 4.33. The molecule has 0 aromatic carbocycles. The Morgan fingerprint density at radius 2 is 0.889 bits per heavy atom. The molecule has 0 unspecified atom stereocenters. The maximum atomic E-state index is 4.88. The molecular formula is C46H81N7O. The quantitative estimate of drug-likeness (QED) is 0.175. The molecule has 8 heteroatoms.